The lowest BCUT2D eigenvalue weighted by Crippen LogP contribution is -2.06. The van der Waals surface area contributed by atoms with Crippen LogP contribution in [-0.2, 0) is 6.18 Å². The summed E-state index contributed by atoms with van der Waals surface area (Å²) in [5, 5.41) is 2.68. The first-order valence-electron chi connectivity index (χ1n) is 4.61. The molecular formula is C10H7F3N4. The molecule has 0 aliphatic heterocycles. The van der Waals surface area contributed by atoms with E-state index in [1.165, 1.54) is 24.8 Å². The molecule has 4 nitrogen and oxygen atoms in total. The molecule has 7 heteroatoms. The third-order valence-corrected chi connectivity index (χ3v) is 1.90. The highest BCUT2D eigenvalue weighted by Crippen LogP contribution is 2.30. The van der Waals surface area contributed by atoms with Crippen LogP contribution in [0.2, 0.25) is 0 Å². The Balaban J connectivity index is 2.23. The quantitative estimate of drug-likeness (QED) is 0.876. The molecule has 0 bridgehead atoms. The summed E-state index contributed by atoms with van der Waals surface area (Å²) < 4.78 is 37.2. The first kappa shape index (κ1) is 11.3. The molecule has 1 N–H and O–H groups in total. The molecule has 0 spiro atoms. The first-order valence-corrected chi connectivity index (χ1v) is 4.61. The van der Waals surface area contributed by atoms with Crippen molar-refractivity contribution < 1.29 is 13.2 Å². The fourth-order valence-corrected chi connectivity index (χ4v) is 1.17. The molecule has 0 saturated carbocycles. The van der Waals surface area contributed by atoms with Crippen LogP contribution in [0, 0.1) is 0 Å². The topological polar surface area (TPSA) is 50.7 Å². The van der Waals surface area contributed by atoms with Crippen LogP contribution in [0.25, 0.3) is 0 Å². The summed E-state index contributed by atoms with van der Waals surface area (Å²) in [6.07, 6.45) is 1.94. The molecule has 0 saturated heterocycles. The Morgan fingerprint density at radius 1 is 1.00 bits per heavy atom. The largest absolute Gasteiger partial charge is 0.417 e. The lowest BCUT2D eigenvalue weighted by Gasteiger charge is -2.08. The second kappa shape index (κ2) is 4.36. The van der Waals surface area contributed by atoms with Crippen LogP contribution >= 0.6 is 0 Å². The van der Waals surface area contributed by atoms with Crippen molar-refractivity contribution in [1.82, 2.24) is 15.0 Å². The average molecular weight is 240 g/mol. The molecule has 0 fully saturated rings. The highest BCUT2D eigenvalue weighted by molar-refractivity contribution is 5.54. The van der Waals surface area contributed by atoms with Crippen molar-refractivity contribution in [2.24, 2.45) is 0 Å². The van der Waals surface area contributed by atoms with Gasteiger partial charge in [-0.25, -0.2) is 4.98 Å². The molecule has 0 radical (unpaired) electrons. The van der Waals surface area contributed by atoms with Crippen LogP contribution in [0.4, 0.5) is 24.7 Å². The zero-order valence-electron chi connectivity index (χ0n) is 8.44. The molecule has 0 aromatic carbocycles. The Morgan fingerprint density at radius 2 is 1.82 bits per heavy atom. The van der Waals surface area contributed by atoms with E-state index < -0.39 is 11.7 Å². The van der Waals surface area contributed by atoms with E-state index >= 15 is 0 Å². The van der Waals surface area contributed by atoms with Gasteiger partial charge in [-0.15, -0.1) is 0 Å². The van der Waals surface area contributed by atoms with Gasteiger partial charge in [0, 0.05) is 18.6 Å². The Kier molecular flexibility index (Phi) is 2.90. The number of aromatic nitrogens is 3. The van der Waals surface area contributed by atoms with Crippen molar-refractivity contribution in [3.8, 4) is 0 Å². The molecule has 2 aromatic rings. The van der Waals surface area contributed by atoms with E-state index in [4.69, 9.17) is 0 Å². The van der Waals surface area contributed by atoms with E-state index in [0.29, 0.717) is 5.82 Å². The van der Waals surface area contributed by atoms with E-state index in [1.807, 2.05) is 0 Å². The normalized spacial score (nSPS) is 11.2. The van der Waals surface area contributed by atoms with Crippen molar-refractivity contribution >= 4 is 11.5 Å². The summed E-state index contributed by atoms with van der Waals surface area (Å²) in [5.74, 6) is 0.355. The molecule has 2 rings (SSSR count). The van der Waals surface area contributed by atoms with Crippen LogP contribution in [-0.4, -0.2) is 15.0 Å². The van der Waals surface area contributed by atoms with Crippen LogP contribution < -0.4 is 5.32 Å². The zero-order valence-corrected chi connectivity index (χ0v) is 8.44. The lowest BCUT2D eigenvalue weighted by atomic mass is 10.2. The summed E-state index contributed by atoms with van der Waals surface area (Å²) in [6, 6.07) is 0.960. The number of anilines is 2. The highest BCUT2D eigenvalue weighted by atomic mass is 19.4. The van der Waals surface area contributed by atoms with Gasteiger partial charge in [0.2, 0.25) is 0 Å². The summed E-state index contributed by atoms with van der Waals surface area (Å²) in [4.78, 5) is 11.2. The first-order chi connectivity index (χ1) is 8.05. The maximum absolute atomic E-state index is 12.4. The number of hydrogen-bond donors (Lipinski definition) is 1. The van der Waals surface area contributed by atoms with Crippen molar-refractivity contribution in [3.63, 3.8) is 0 Å². The third kappa shape index (κ3) is 2.90. The van der Waals surface area contributed by atoms with Gasteiger partial charge in [-0.05, 0) is 6.07 Å². The smallest absolute Gasteiger partial charge is 0.338 e. The van der Waals surface area contributed by atoms with Crippen molar-refractivity contribution in [2.75, 3.05) is 5.32 Å². The summed E-state index contributed by atoms with van der Waals surface area (Å²) in [6.45, 7) is 0. The molecule has 88 valence electrons. The van der Waals surface area contributed by atoms with E-state index in [9.17, 15) is 13.2 Å². The number of nitrogens with zero attached hydrogens (tertiary/aromatic N) is 3. The second-order valence-electron chi connectivity index (χ2n) is 3.18. The van der Waals surface area contributed by atoms with Gasteiger partial charge in [0.1, 0.15) is 5.82 Å². The number of hydrogen-bond acceptors (Lipinski definition) is 4. The number of alkyl halides is 3. The highest BCUT2D eigenvalue weighted by Gasteiger charge is 2.31. The van der Waals surface area contributed by atoms with Crippen LogP contribution in [0.1, 0.15) is 5.56 Å². The lowest BCUT2D eigenvalue weighted by molar-refractivity contribution is -0.137. The fraction of sp³-hybridized carbons (Fsp3) is 0.100. The molecule has 0 atom stereocenters. The second-order valence-corrected chi connectivity index (χ2v) is 3.18. The predicted molar refractivity (Wildman–Crippen MR) is 54.6 cm³/mol. The van der Waals surface area contributed by atoms with Crippen molar-refractivity contribution in [1.29, 1.82) is 0 Å². The Bertz CT molecular complexity index is 498. The van der Waals surface area contributed by atoms with Gasteiger partial charge in [0.15, 0.2) is 0 Å². The number of rotatable bonds is 2. The van der Waals surface area contributed by atoms with Crippen LogP contribution in [0.3, 0.4) is 0 Å². The van der Waals surface area contributed by atoms with Gasteiger partial charge in [-0.1, -0.05) is 0 Å². The van der Waals surface area contributed by atoms with E-state index in [2.05, 4.69) is 20.3 Å². The number of nitrogens with one attached hydrogen (secondary N) is 1. The van der Waals surface area contributed by atoms with Gasteiger partial charge in [-0.3, -0.25) is 9.97 Å². The minimum absolute atomic E-state index is 0.209. The number of halogens is 3. The SMILES string of the molecule is FC(F)(F)c1cncc(Nc2cnccn2)c1. The third-order valence-electron chi connectivity index (χ3n) is 1.90. The van der Waals surface area contributed by atoms with Gasteiger partial charge < -0.3 is 5.32 Å². The van der Waals surface area contributed by atoms with Crippen molar-refractivity contribution in [3.05, 3.63) is 42.6 Å². The molecule has 0 aliphatic rings. The van der Waals surface area contributed by atoms with Crippen molar-refractivity contribution in [2.45, 2.75) is 6.18 Å². The molecule has 0 unspecified atom stereocenters. The fourth-order valence-electron chi connectivity index (χ4n) is 1.17. The average Bonchev–Trinajstić information content (AvgIpc) is 2.29. The van der Waals surface area contributed by atoms with Gasteiger partial charge >= 0.3 is 6.18 Å². The maximum Gasteiger partial charge on any atom is 0.417 e. The Morgan fingerprint density at radius 3 is 2.47 bits per heavy atom. The van der Waals surface area contributed by atoms with E-state index in [1.54, 1.807) is 0 Å². The molecule has 17 heavy (non-hydrogen) atoms. The molecular weight excluding hydrogens is 233 g/mol. The minimum Gasteiger partial charge on any atom is -0.338 e. The molecule has 2 heterocycles. The maximum atomic E-state index is 12.4. The van der Waals surface area contributed by atoms with Crippen LogP contribution in [0.15, 0.2) is 37.1 Å². The summed E-state index contributed by atoms with van der Waals surface area (Å²) in [7, 11) is 0. The molecule has 2 aromatic heterocycles. The van der Waals surface area contributed by atoms with Gasteiger partial charge in [0.25, 0.3) is 0 Å². The predicted octanol–water partition coefficient (Wildman–Crippen LogP) is 2.63. The monoisotopic (exact) mass is 240 g/mol. The zero-order chi connectivity index (χ0) is 12.3. The standard InChI is InChI=1S/C10H7F3N4/c11-10(12,13)7-3-8(5-15-4-7)17-9-6-14-1-2-16-9/h1-6H,(H,16,17). The van der Waals surface area contributed by atoms with E-state index in [-0.39, 0.29) is 5.69 Å². The van der Waals surface area contributed by atoms with Gasteiger partial charge in [0.05, 0.1) is 23.6 Å². The molecule has 0 aliphatic carbocycles. The van der Waals surface area contributed by atoms with Crippen LogP contribution in [0.5, 0.6) is 0 Å². The number of pyridine rings is 1. The molecule has 0 amide bonds. The van der Waals surface area contributed by atoms with Gasteiger partial charge in [-0.2, -0.15) is 13.2 Å². The van der Waals surface area contributed by atoms with E-state index in [0.717, 1.165) is 12.3 Å². The summed E-state index contributed by atoms with van der Waals surface area (Å²) in [5.41, 5.74) is -0.605. The minimum atomic E-state index is -4.41. The Labute approximate surface area is 94.6 Å². The Hall–Kier alpha value is -2.18. The summed E-state index contributed by atoms with van der Waals surface area (Å²) >= 11 is 0.